The summed E-state index contributed by atoms with van der Waals surface area (Å²) in [5.41, 5.74) is 6.03. The summed E-state index contributed by atoms with van der Waals surface area (Å²) in [6.07, 6.45) is 2.56. The maximum atomic E-state index is 12.4. The minimum Gasteiger partial charge on any atom is -0.466 e. The largest absolute Gasteiger partial charge is 0.466 e. The number of hydrogen-bond acceptors (Lipinski definition) is 4. The van der Waals surface area contributed by atoms with E-state index in [9.17, 15) is 14.4 Å². The third kappa shape index (κ3) is 4.31. The van der Waals surface area contributed by atoms with Gasteiger partial charge in [-0.2, -0.15) is 0 Å². The zero-order chi connectivity index (χ0) is 16.8. The van der Waals surface area contributed by atoms with E-state index in [2.05, 4.69) is 5.32 Å². The average Bonchev–Trinajstić information content (AvgIpc) is 2.55. The number of amides is 2. The van der Waals surface area contributed by atoms with Crippen molar-refractivity contribution in [3.8, 4) is 0 Å². The van der Waals surface area contributed by atoms with Gasteiger partial charge in [-0.15, -0.1) is 0 Å². The Kier molecular flexibility index (Phi) is 5.73. The standard InChI is InChI=1S/C17H22N2O4/c1-2-23-17(22)12-9-7-11(8-10-12)16(21)19-14-6-4-3-5-13(14)15(18)20/h3-6,11-12H,2,7-10H2,1H3,(H2,18,20)(H,19,21). The van der Waals surface area contributed by atoms with Crippen molar-refractivity contribution in [3.05, 3.63) is 29.8 Å². The molecular formula is C17H22N2O4. The number of para-hydroxylation sites is 1. The van der Waals surface area contributed by atoms with Gasteiger partial charge in [0.1, 0.15) is 0 Å². The van der Waals surface area contributed by atoms with Crippen molar-refractivity contribution < 1.29 is 19.1 Å². The number of anilines is 1. The first-order valence-electron chi connectivity index (χ1n) is 7.89. The fourth-order valence-corrected chi connectivity index (χ4v) is 2.89. The number of ether oxygens (including phenoxy) is 1. The second kappa shape index (κ2) is 7.76. The van der Waals surface area contributed by atoms with Gasteiger partial charge in [0.05, 0.1) is 23.8 Å². The van der Waals surface area contributed by atoms with Crippen molar-refractivity contribution in [3.63, 3.8) is 0 Å². The predicted octanol–water partition coefficient (Wildman–Crippen LogP) is 2.09. The van der Waals surface area contributed by atoms with Crippen LogP contribution < -0.4 is 11.1 Å². The smallest absolute Gasteiger partial charge is 0.308 e. The molecule has 3 N–H and O–H groups in total. The number of nitrogens with one attached hydrogen (secondary N) is 1. The first kappa shape index (κ1) is 17.0. The van der Waals surface area contributed by atoms with Crippen LogP contribution in [0.5, 0.6) is 0 Å². The summed E-state index contributed by atoms with van der Waals surface area (Å²) in [7, 11) is 0. The molecule has 0 aromatic heterocycles. The number of nitrogens with two attached hydrogens (primary N) is 1. The Labute approximate surface area is 135 Å². The van der Waals surface area contributed by atoms with Crippen LogP contribution in [-0.4, -0.2) is 24.4 Å². The lowest BCUT2D eigenvalue weighted by molar-refractivity contribution is -0.150. The van der Waals surface area contributed by atoms with Crippen LogP contribution in [0.15, 0.2) is 24.3 Å². The molecule has 0 spiro atoms. The number of benzene rings is 1. The van der Waals surface area contributed by atoms with Gasteiger partial charge in [0, 0.05) is 5.92 Å². The van der Waals surface area contributed by atoms with Gasteiger partial charge in [0.25, 0.3) is 5.91 Å². The Hall–Kier alpha value is -2.37. The normalized spacial score (nSPS) is 20.6. The molecule has 1 aromatic carbocycles. The van der Waals surface area contributed by atoms with Crippen LogP contribution in [0, 0.1) is 11.8 Å². The first-order chi connectivity index (χ1) is 11.0. The van der Waals surface area contributed by atoms with Gasteiger partial charge < -0.3 is 15.8 Å². The summed E-state index contributed by atoms with van der Waals surface area (Å²) >= 11 is 0. The maximum Gasteiger partial charge on any atom is 0.308 e. The maximum absolute atomic E-state index is 12.4. The van der Waals surface area contributed by atoms with Gasteiger partial charge in [-0.3, -0.25) is 14.4 Å². The Morgan fingerprint density at radius 1 is 1.13 bits per heavy atom. The number of primary amides is 1. The summed E-state index contributed by atoms with van der Waals surface area (Å²) in [6, 6.07) is 6.66. The van der Waals surface area contributed by atoms with E-state index in [0.717, 1.165) is 0 Å². The van der Waals surface area contributed by atoms with Crippen LogP contribution in [0.25, 0.3) is 0 Å². The highest BCUT2D eigenvalue weighted by Crippen LogP contribution is 2.30. The Bertz CT molecular complexity index is 592. The Morgan fingerprint density at radius 2 is 1.74 bits per heavy atom. The first-order valence-corrected chi connectivity index (χ1v) is 7.89. The Morgan fingerprint density at radius 3 is 2.35 bits per heavy atom. The summed E-state index contributed by atoms with van der Waals surface area (Å²) in [6.45, 7) is 2.16. The van der Waals surface area contributed by atoms with Gasteiger partial charge in [-0.25, -0.2) is 0 Å². The van der Waals surface area contributed by atoms with E-state index in [0.29, 0.717) is 43.5 Å². The molecule has 2 rings (SSSR count). The molecule has 6 nitrogen and oxygen atoms in total. The van der Waals surface area contributed by atoms with Crippen molar-refractivity contribution in [2.24, 2.45) is 17.6 Å². The second-order valence-electron chi connectivity index (χ2n) is 5.70. The summed E-state index contributed by atoms with van der Waals surface area (Å²) in [5, 5.41) is 2.77. The van der Waals surface area contributed by atoms with Crippen LogP contribution in [-0.2, 0) is 14.3 Å². The fourth-order valence-electron chi connectivity index (χ4n) is 2.89. The molecule has 1 saturated carbocycles. The van der Waals surface area contributed by atoms with Crippen molar-refractivity contribution in [2.75, 3.05) is 11.9 Å². The molecule has 0 bridgehead atoms. The van der Waals surface area contributed by atoms with Crippen LogP contribution in [0.3, 0.4) is 0 Å². The SMILES string of the molecule is CCOC(=O)C1CCC(C(=O)Nc2ccccc2C(N)=O)CC1. The lowest BCUT2D eigenvalue weighted by Gasteiger charge is -2.26. The lowest BCUT2D eigenvalue weighted by Crippen LogP contribution is -2.31. The van der Waals surface area contributed by atoms with Crippen molar-refractivity contribution in [1.29, 1.82) is 0 Å². The molecule has 0 unspecified atom stereocenters. The zero-order valence-electron chi connectivity index (χ0n) is 13.2. The molecule has 0 atom stereocenters. The van der Waals surface area contributed by atoms with Crippen molar-refractivity contribution in [1.82, 2.24) is 0 Å². The van der Waals surface area contributed by atoms with E-state index in [4.69, 9.17) is 10.5 Å². The molecule has 0 aliphatic heterocycles. The van der Waals surface area contributed by atoms with Crippen LogP contribution in [0.2, 0.25) is 0 Å². The number of rotatable bonds is 5. The molecule has 23 heavy (non-hydrogen) atoms. The van der Waals surface area contributed by atoms with Crippen LogP contribution in [0.1, 0.15) is 43.0 Å². The monoisotopic (exact) mass is 318 g/mol. The van der Waals surface area contributed by atoms with E-state index >= 15 is 0 Å². The molecule has 0 saturated heterocycles. The quantitative estimate of drug-likeness (QED) is 0.812. The molecule has 1 aliphatic rings. The molecular weight excluding hydrogens is 296 g/mol. The number of esters is 1. The van der Waals surface area contributed by atoms with E-state index in [1.165, 1.54) is 0 Å². The molecule has 6 heteroatoms. The topological polar surface area (TPSA) is 98.5 Å². The third-order valence-corrected chi connectivity index (χ3v) is 4.17. The van der Waals surface area contributed by atoms with Crippen molar-refractivity contribution >= 4 is 23.5 Å². The lowest BCUT2D eigenvalue weighted by atomic mass is 9.81. The van der Waals surface area contributed by atoms with Crippen molar-refractivity contribution in [2.45, 2.75) is 32.6 Å². The summed E-state index contributed by atoms with van der Waals surface area (Å²) in [5.74, 6) is -1.17. The van der Waals surface area contributed by atoms with Gasteiger partial charge in [-0.05, 0) is 44.7 Å². The molecule has 1 aromatic rings. The highest BCUT2D eigenvalue weighted by Gasteiger charge is 2.31. The van der Waals surface area contributed by atoms with Gasteiger partial charge in [-0.1, -0.05) is 12.1 Å². The fraction of sp³-hybridized carbons (Fsp3) is 0.471. The third-order valence-electron chi connectivity index (χ3n) is 4.17. The number of carbonyl (C=O) groups is 3. The minimum absolute atomic E-state index is 0.114. The second-order valence-corrected chi connectivity index (χ2v) is 5.70. The van der Waals surface area contributed by atoms with Gasteiger partial charge in [0.2, 0.25) is 5.91 Å². The number of carbonyl (C=O) groups excluding carboxylic acids is 3. The molecule has 1 aliphatic carbocycles. The summed E-state index contributed by atoms with van der Waals surface area (Å²) < 4.78 is 5.02. The van der Waals surface area contributed by atoms with E-state index in [-0.39, 0.29) is 23.7 Å². The molecule has 0 heterocycles. The van der Waals surface area contributed by atoms with E-state index < -0.39 is 5.91 Å². The highest BCUT2D eigenvalue weighted by atomic mass is 16.5. The average molecular weight is 318 g/mol. The minimum atomic E-state index is -0.577. The molecule has 124 valence electrons. The molecule has 0 radical (unpaired) electrons. The van der Waals surface area contributed by atoms with Gasteiger partial charge in [0.15, 0.2) is 0 Å². The summed E-state index contributed by atoms with van der Waals surface area (Å²) in [4.78, 5) is 35.5. The predicted molar refractivity (Wildman–Crippen MR) is 85.7 cm³/mol. The molecule has 1 fully saturated rings. The Balaban J connectivity index is 1.93. The highest BCUT2D eigenvalue weighted by molar-refractivity contribution is 6.03. The van der Waals surface area contributed by atoms with Crippen LogP contribution in [0.4, 0.5) is 5.69 Å². The van der Waals surface area contributed by atoms with E-state index in [1.54, 1.807) is 31.2 Å². The van der Waals surface area contributed by atoms with Crippen LogP contribution >= 0.6 is 0 Å². The molecule has 2 amide bonds. The van der Waals surface area contributed by atoms with E-state index in [1.807, 2.05) is 0 Å². The zero-order valence-corrected chi connectivity index (χ0v) is 13.2. The van der Waals surface area contributed by atoms with Gasteiger partial charge >= 0.3 is 5.97 Å². The number of hydrogen-bond donors (Lipinski definition) is 2.